The van der Waals surface area contributed by atoms with Crippen LogP contribution in [0.15, 0.2) is 11.6 Å². The molecule has 13 heavy (non-hydrogen) atoms. The molecule has 1 heteroatoms. The Morgan fingerprint density at radius 3 is 3.00 bits per heavy atom. The molecule has 0 spiro atoms. The normalized spacial score (nSPS) is 15.6. The van der Waals surface area contributed by atoms with Crippen molar-refractivity contribution in [2.45, 2.75) is 45.4 Å². The van der Waals surface area contributed by atoms with Crippen LogP contribution in [0.4, 0.5) is 0 Å². The van der Waals surface area contributed by atoms with E-state index in [1.165, 1.54) is 18.4 Å². The van der Waals surface area contributed by atoms with E-state index in [4.69, 9.17) is 0 Å². The van der Waals surface area contributed by atoms with Crippen molar-refractivity contribution in [3.05, 3.63) is 11.6 Å². The molecular formula is C12H16O. The Bertz CT molecular complexity index is 263. The number of allylic oxidation sites excluding steroid dienone is 2. The second kappa shape index (κ2) is 5.59. The number of carbonyl (C=O) groups excluding carboxylic acids is 1. The molecule has 1 aliphatic rings. The minimum atomic E-state index is 0.266. The molecule has 0 atom stereocenters. The van der Waals surface area contributed by atoms with E-state index in [9.17, 15) is 4.79 Å². The topological polar surface area (TPSA) is 17.1 Å². The van der Waals surface area contributed by atoms with Crippen molar-refractivity contribution in [1.82, 2.24) is 0 Å². The summed E-state index contributed by atoms with van der Waals surface area (Å²) < 4.78 is 0. The molecule has 0 saturated heterocycles. The molecule has 0 bridgehead atoms. The minimum Gasteiger partial charge on any atom is -0.298 e. The Labute approximate surface area is 80.2 Å². The maximum atomic E-state index is 11.3. The maximum absolute atomic E-state index is 11.3. The van der Waals surface area contributed by atoms with Crippen LogP contribution in [0.2, 0.25) is 0 Å². The third-order valence-corrected chi connectivity index (χ3v) is 2.27. The van der Waals surface area contributed by atoms with Gasteiger partial charge in [-0.15, -0.1) is 5.92 Å². The van der Waals surface area contributed by atoms with Gasteiger partial charge in [0.05, 0.1) is 6.42 Å². The molecular weight excluding hydrogens is 160 g/mol. The lowest BCUT2D eigenvalue weighted by Crippen LogP contribution is -2.01. The van der Waals surface area contributed by atoms with Gasteiger partial charge in [0.25, 0.3) is 0 Å². The molecule has 0 radical (unpaired) electrons. The molecule has 0 aromatic carbocycles. The molecule has 1 aliphatic carbocycles. The number of hydrogen-bond donors (Lipinski definition) is 0. The Hall–Kier alpha value is -1.03. The first kappa shape index (κ1) is 10.1. The quantitative estimate of drug-likeness (QED) is 0.477. The minimum absolute atomic E-state index is 0.266. The van der Waals surface area contributed by atoms with Crippen LogP contribution in [0.1, 0.15) is 45.4 Å². The highest BCUT2D eigenvalue weighted by molar-refractivity contribution is 5.83. The Balaban J connectivity index is 2.33. The van der Waals surface area contributed by atoms with E-state index in [1.807, 2.05) is 0 Å². The summed E-state index contributed by atoms with van der Waals surface area (Å²) >= 11 is 0. The lowest BCUT2D eigenvalue weighted by atomic mass is 9.95. The van der Waals surface area contributed by atoms with Crippen molar-refractivity contribution in [3.8, 4) is 11.8 Å². The zero-order chi connectivity index (χ0) is 9.52. The highest BCUT2D eigenvalue weighted by atomic mass is 16.1. The molecule has 0 fully saturated rings. The number of carbonyl (C=O) groups is 1. The summed E-state index contributed by atoms with van der Waals surface area (Å²) in [5, 5.41) is 0. The Kier molecular flexibility index (Phi) is 4.32. The zero-order valence-corrected chi connectivity index (χ0v) is 8.23. The van der Waals surface area contributed by atoms with Gasteiger partial charge in [-0.3, -0.25) is 4.79 Å². The average molecular weight is 176 g/mol. The summed E-state index contributed by atoms with van der Waals surface area (Å²) in [6.45, 7) is 1.77. The van der Waals surface area contributed by atoms with Crippen molar-refractivity contribution < 1.29 is 4.79 Å². The van der Waals surface area contributed by atoms with E-state index in [2.05, 4.69) is 17.9 Å². The molecule has 1 nitrogen and oxygen atoms in total. The van der Waals surface area contributed by atoms with Gasteiger partial charge < -0.3 is 0 Å². The number of ketones is 1. The van der Waals surface area contributed by atoms with Crippen molar-refractivity contribution in [2.75, 3.05) is 0 Å². The fourth-order valence-electron chi connectivity index (χ4n) is 1.57. The summed E-state index contributed by atoms with van der Waals surface area (Å²) in [6.07, 6.45) is 8.09. The van der Waals surface area contributed by atoms with Crippen LogP contribution in [-0.2, 0) is 4.79 Å². The summed E-state index contributed by atoms with van der Waals surface area (Å²) in [4.78, 5) is 11.3. The van der Waals surface area contributed by atoms with E-state index < -0.39 is 0 Å². The molecule has 0 aromatic heterocycles. The third-order valence-electron chi connectivity index (χ3n) is 2.27. The highest BCUT2D eigenvalue weighted by Crippen LogP contribution is 2.20. The summed E-state index contributed by atoms with van der Waals surface area (Å²) in [6, 6.07) is 0. The first-order valence-corrected chi connectivity index (χ1v) is 4.92. The molecule has 0 aromatic rings. The van der Waals surface area contributed by atoms with E-state index in [0.717, 1.165) is 12.8 Å². The zero-order valence-electron chi connectivity index (χ0n) is 8.23. The number of hydrogen-bond acceptors (Lipinski definition) is 1. The SMILES string of the molecule is CC#CCC(=O)CC1=CCCCC1. The first-order valence-electron chi connectivity index (χ1n) is 4.92. The van der Waals surface area contributed by atoms with Crippen LogP contribution in [0.3, 0.4) is 0 Å². The van der Waals surface area contributed by atoms with Crippen LogP contribution < -0.4 is 0 Å². The van der Waals surface area contributed by atoms with Gasteiger partial charge in [0.2, 0.25) is 0 Å². The van der Waals surface area contributed by atoms with Crippen molar-refractivity contribution in [2.24, 2.45) is 0 Å². The largest absolute Gasteiger partial charge is 0.298 e. The average Bonchev–Trinajstić information content (AvgIpc) is 2.16. The summed E-state index contributed by atoms with van der Waals surface area (Å²) in [7, 11) is 0. The fraction of sp³-hybridized carbons (Fsp3) is 0.583. The monoisotopic (exact) mass is 176 g/mol. The molecule has 0 heterocycles. The van der Waals surface area contributed by atoms with Gasteiger partial charge in [-0.2, -0.15) is 0 Å². The van der Waals surface area contributed by atoms with E-state index in [0.29, 0.717) is 12.8 Å². The Morgan fingerprint density at radius 1 is 1.54 bits per heavy atom. The van der Waals surface area contributed by atoms with Gasteiger partial charge in [-0.1, -0.05) is 17.6 Å². The molecule has 70 valence electrons. The summed E-state index contributed by atoms with van der Waals surface area (Å²) in [5.41, 5.74) is 1.33. The second-order valence-corrected chi connectivity index (χ2v) is 3.43. The smallest absolute Gasteiger partial charge is 0.148 e. The van der Waals surface area contributed by atoms with E-state index in [1.54, 1.807) is 6.92 Å². The number of Topliss-reactive ketones (excluding diaryl/α,β-unsaturated/α-hetero) is 1. The molecule has 0 N–H and O–H groups in total. The Morgan fingerprint density at radius 2 is 2.38 bits per heavy atom. The van der Waals surface area contributed by atoms with Gasteiger partial charge in [0, 0.05) is 6.42 Å². The van der Waals surface area contributed by atoms with Gasteiger partial charge >= 0.3 is 0 Å². The van der Waals surface area contributed by atoms with Gasteiger partial charge in [0.1, 0.15) is 5.78 Å². The lowest BCUT2D eigenvalue weighted by molar-refractivity contribution is -0.117. The van der Waals surface area contributed by atoms with Crippen LogP contribution in [0.5, 0.6) is 0 Å². The third kappa shape index (κ3) is 3.94. The first-order chi connectivity index (χ1) is 6.33. The van der Waals surface area contributed by atoms with Gasteiger partial charge in [-0.05, 0) is 32.6 Å². The van der Waals surface area contributed by atoms with Crippen LogP contribution >= 0.6 is 0 Å². The predicted molar refractivity (Wildman–Crippen MR) is 54.2 cm³/mol. The maximum Gasteiger partial charge on any atom is 0.148 e. The van der Waals surface area contributed by atoms with Gasteiger partial charge in [-0.25, -0.2) is 0 Å². The van der Waals surface area contributed by atoms with Gasteiger partial charge in [0.15, 0.2) is 0 Å². The molecule has 0 unspecified atom stereocenters. The van der Waals surface area contributed by atoms with Crippen molar-refractivity contribution >= 4 is 5.78 Å². The standard InChI is InChI=1S/C12H16O/c1-2-3-9-12(13)10-11-7-5-4-6-8-11/h7H,4-6,8-10H2,1H3. The lowest BCUT2D eigenvalue weighted by Gasteiger charge is -2.10. The van der Waals surface area contributed by atoms with Crippen LogP contribution in [-0.4, -0.2) is 5.78 Å². The van der Waals surface area contributed by atoms with E-state index >= 15 is 0 Å². The summed E-state index contributed by atoms with van der Waals surface area (Å²) in [5.74, 6) is 5.82. The van der Waals surface area contributed by atoms with Crippen molar-refractivity contribution in [3.63, 3.8) is 0 Å². The number of rotatable bonds is 3. The fourth-order valence-corrected chi connectivity index (χ4v) is 1.57. The molecule has 0 amide bonds. The second-order valence-electron chi connectivity index (χ2n) is 3.43. The molecule has 1 rings (SSSR count). The molecule has 0 aliphatic heterocycles. The molecule has 0 saturated carbocycles. The predicted octanol–water partition coefficient (Wildman–Crippen LogP) is 2.86. The highest BCUT2D eigenvalue weighted by Gasteiger charge is 2.07. The van der Waals surface area contributed by atoms with Crippen LogP contribution in [0, 0.1) is 11.8 Å². The van der Waals surface area contributed by atoms with Crippen molar-refractivity contribution in [1.29, 1.82) is 0 Å². The van der Waals surface area contributed by atoms with E-state index in [-0.39, 0.29) is 5.78 Å². The van der Waals surface area contributed by atoms with Crippen LogP contribution in [0.25, 0.3) is 0 Å².